The van der Waals surface area contributed by atoms with Gasteiger partial charge in [0.1, 0.15) is 5.75 Å². The Hall–Kier alpha value is -2.86. The number of amides is 1. The van der Waals surface area contributed by atoms with Crippen LogP contribution in [0.4, 0.5) is 5.69 Å². The summed E-state index contributed by atoms with van der Waals surface area (Å²) in [5, 5.41) is 4.18. The minimum Gasteiger partial charge on any atom is -0.484 e. The molecular formula is C22H27N3O3. The molecule has 3 rings (SSSR count). The molecule has 1 amide bonds. The van der Waals surface area contributed by atoms with Gasteiger partial charge in [-0.15, -0.1) is 0 Å². The lowest BCUT2D eigenvalue weighted by atomic mass is 10.1. The van der Waals surface area contributed by atoms with E-state index in [1.54, 1.807) is 0 Å². The van der Waals surface area contributed by atoms with Crippen LogP contribution < -0.4 is 15.1 Å². The zero-order valence-corrected chi connectivity index (χ0v) is 16.7. The number of carbonyl (C=O) groups excluding carboxylic acids is 1. The highest BCUT2D eigenvalue weighted by Gasteiger charge is 2.11. The van der Waals surface area contributed by atoms with Gasteiger partial charge in [-0.25, -0.2) is 5.43 Å². The van der Waals surface area contributed by atoms with Gasteiger partial charge in [0.05, 0.1) is 18.9 Å². The molecule has 0 aromatic heterocycles. The number of rotatable bonds is 6. The van der Waals surface area contributed by atoms with Crippen molar-refractivity contribution in [3.63, 3.8) is 0 Å². The SMILES string of the molecule is C/C(=N/NC(=O)COc1ccc(C)c(C)c1)c1ccc(N2CCOCC2)cc1. The van der Waals surface area contributed by atoms with E-state index in [2.05, 4.69) is 27.6 Å². The lowest BCUT2D eigenvalue weighted by Gasteiger charge is -2.28. The Bertz CT molecular complexity index is 841. The number of nitrogens with zero attached hydrogens (tertiary/aromatic N) is 2. The molecule has 1 fully saturated rings. The summed E-state index contributed by atoms with van der Waals surface area (Å²) in [6.45, 7) is 9.18. The van der Waals surface area contributed by atoms with Crippen molar-refractivity contribution in [1.82, 2.24) is 5.43 Å². The summed E-state index contributed by atoms with van der Waals surface area (Å²) in [7, 11) is 0. The number of aryl methyl sites for hydroxylation is 2. The van der Waals surface area contributed by atoms with E-state index in [0.717, 1.165) is 43.1 Å². The second-order valence-electron chi connectivity index (χ2n) is 6.91. The van der Waals surface area contributed by atoms with E-state index >= 15 is 0 Å². The molecule has 2 aromatic rings. The first-order valence-corrected chi connectivity index (χ1v) is 9.49. The summed E-state index contributed by atoms with van der Waals surface area (Å²) >= 11 is 0. The molecule has 0 unspecified atom stereocenters. The van der Waals surface area contributed by atoms with Gasteiger partial charge in [0.25, 0.3) is 5.91 Å². The second-order valence-corrected chi connectivity index (χ2v) is 6.91. The second kappa shape index (κ2) is 9.37. The highest BCUT2D eigenvalue weighted by Crippen LogP contribution is 2.17. The van der Waals surface area contributed by atoms with Crippen molar-refractivity contribution in [2.75, 3.05) is 37.8 Å². The number of anilines is 1. The van der Waals surface area contributed by atoms with Gasteiger partial charge >= 0.3 is 0 Å². The van der Waals surface area contributed by atoms with E-state index in [1.807, 2.05) is 51.1 Å². The quantitative estimate of drug-likeness (QED) is 0.617. The maximum Gasteiger partial charge on any atom is 0.277 e. The number of ether oxygens (including phenoxy) is 2. The number of nitrogens with one attached hydrogen (secondary N) is 1. The van der Waals surface area contributed by atoms with Gasteiger partial charge in [0.2, 0.25) is 0 Å². The molecule has 6 nitrogen and oxygen atoms in total. The molecule has 0 saturated carbocycles. The summed E-state index contributed by atoms with van der Waals surface area (Å²) in [6.07, 6.45) is 0. The average Bonchev–Trinajstić information content (AvgIpc) is 2.73. The van der Waals surface area contributed by atoms with E-state index in [-0.39, 0.29) is 12.5 Å². The molecule has 1 N–H and O–H groups in total. The third-order valence-corrected chi connectivity index (χ3v) is 4.86. The summed E-state index contributed by atoms with van der Waals surface area (Å²) in [5.74, 6) is 0.389. The Kier molecular flexibility index (Phi) is 6.66. The minimum absolute atomic E-state index is 0.0742. The fraction of sp³-hybridized carbons (Fsp3) is 0.364. The van der Waals surface area contributed by atoms with Gasteiger partial charge in [-0.3, -0.25) is 4.79 Å². The lowest BCUT2D eigenvalue weighted by Crippen LogP contribution is -2.36. The van der Waals surface area contributed by atoms with E-state index in [0.29, 0.717) is 5.75 Å². The van der Waals surface area contributed by atoms with Crippen LogP contribution in [-0.2, 0) is 9.53 Å². The van der Waals surface area contributed by atoms with E-state index in [1.165, 1.54) is 11.3 Å². The van der Waals surface area contributed by atoms with E-state index in [9.17, 15) is 4.79 Å². The fourth-order valence-electron chi connectivity index (χ4n) is 2.93. The molecule has 0 atom stereocenters. The molecular weight excluding hydrogens is 354 g/mol. The van der Waals surface area contributed by atoms with Crippen LogP contribution in [0.2, 0.25) is 0 Å². The summed E-state index contributed by atoms with van der Waals surface area (Å²) in [5.41, 5.74) is 7.76. The average molecular weight is 381 g/mol. The highest BCUT2D eigenvalue weighted by atomic mass is 16.5. The van der Waals surface area contributed by atoms with Crippen molar-refractivity contribution in [3.8, 4) is 5.75 Å². The van der Waals surface area contributed by atoms with Crippen LogP contribution in [0.1, 0.15) is 23.6 Å². The standard InChI is InChI=1S/C22H27N3O3/c1-16-4-9-21(14-17(16)2)28-15-22(26)24-23-18(3)19-5-7-20(8-6-19)25-10-12-27-13-11-25/h4-9,14H,10-13,15H2,1-3H3,(H,24,26)/b23-18-. The molecule has 2 aromatic carbocycles. The minimum atomic E-state index is -0.289. The molecule has 1 aliphatic rings. The Labute approximate surface area is 166 Å². The molecule has 148 valence electrons. The lowest BCUT2D eigenvalue weighted by molar-refractivity contribution is -0.123. The van der Waals surface area contributed by atoms with Crippen molar-refractivity contribution in [1.29, 1.82) is 0 Å². The fourth-order valence-corrected chi connectivity index (χ4v) is 2.93. The van der Waals surface area contributed by atoms with Crippen molar-refractivity contribution in [2.45, 2.75) is 20.8 Å². The maximum atomic E-state index is 12.0. The Morgan fingerprint density at radius 3 is 2.50 bits per heavy atom. The first-order valence-electron chi connectivity index (χ1n) is 9.49. The number of carbonyl (C=O) groups is 1. The predicted molar refractivity (Wildman–Crippen MR) is 111 cm³/mol. The van der Waals surface area contributed by atoms with Gasteiger partial charge in [-0.05, 0) is 61.7 Å². The molecule has 6 heteroatoms. The van der Waals surface area contributed by atoms with Crippen LogP contribution >= 0.6 is 0 Å². The summed E-state index contributed by atoms with van der Waals surface area (Å²) in [6, 6.07) is 13.9. The first kappa shape index (κ1) is 19.9. The Morgan fingerprint density at radius 1 is 1.11 bits per heavy atom. The zero-order valence-electron chi connectivity index (χ0n) is 16.7. The van der Waals surface area contributed by atoms with Gasteiger partial charge in [0.15, 0.2) is 6.61 Å². The summed E-state index contributed by atoms with van der Waals surface area (Å²) in [4.78, 5) is 14.3. The van der Waals surface area contributed by atoms with Crippen LogP contribution in [0.3, 0.4) is 0 Å². The van der Waals surface area contributed by atoms with Gasteiger partial charge in [0, 0.05) is 18.8 Å². The topological polar surface area (TPSA) is 63.2 Å². The number of hydrogen-bond acceptors (Lipinski definition) is 5. The predicted octanol–water partition coefficient (Wildman–Crippen LogP) is 3.06. The van der Waals surface area contributed by atoms with Crippen LogP contribution in [0.5, 0.6) is 5.75 Å². The molecule has 0 bridgehead atoms. The van der Waals surface area contributed by atoms with Crippen molar-refractivity contribution in [3.05, 3.63) is 59.2 Å². The van der Waals surface area contributed by atoms with Crippen LogP contribution in [0, 0.1) is 13.8 Å². The van der Waals surface area contributed by atoms with Crippen molar-refractivity contribution >= 4 is 17.3 Å². The normalized spacial score (nSPS) is 14.7. The molecule has 1 heterocycles. The largest absolute Gasteiger partial charge is 0.484 e. The van der Waals surface area contributed by atoms with Crippen LogP contribution in [0.25, 0.3) is 0 Å². The van der Waals surface area contributed by atoms with Gasteiger partial charge < -0.3 is 14.4 Å². The molecule has 0 aliphatic carbocycles. The van der Waals surface area contributed by atoms with E-state index < -0.39 is 0 Å². The highest BCUT2D eigenvalue weighted by molar-refractivity contribution is 5.99. The smallest absolute Gasteiger partial charge is 0.277 e. The Balaban J connectivity index is 1.51. The summed E-state index contributed by atoms with van der Waals surface area (Å²) < 4.78 is 10.9. The van der Waals surface area contributed by atoms with Crippen LogP contribution in [0.15, 0.2) is 47.6 Å². The Morgan fingerprint density at radius 2 is 1.82 bits per heavy atom. The van der Waals surface area contributed by atoms with Crippen molar-refractivity contribution in [2.24, 2.45) is 5.10 Å². The number of morpholine rings is 1. The third-order valence-electron chi connectivity index (χ3n) is 4.86. The number of hydrogen-bond donors (Lipinski definition) is 1. The first-order chi connectivity index (χ1) is 13.5. The van der Waals surface area contributed by atoms with Gasteiger partial charge in [-0.2, -0.15) is 5.10 Å². The van der Waals surface area contributed by atoms with E-state index in [4.69, 9.17) is 9.47 Å². The zero-order chi connectivity index (χ0) is 19.9. The molecule has 0 spiro atoms. The van der Waals surface area contributed by atoms with Gasteiger partial charge in [-0.1, -0.05) is 18.2 Å². The van der Waals surface area contributed by atoms with Crippen molar-refractivity contribution < 1.29 is 14.3 Å². The maximum absolute atomic E-state index is 12.0. The molecule has 0 radical (unpaired) electrons. The molecule has 1 saturated heterocycles. The van der Waals surface area contributed by atoms with Crippen LogP contribution in [-0.4, -0.2) is 44.5 Å². The monoisotopic (exact) mass is 381 g/mol. The number of hydrazone groups is 1. The molecule has 28 heavy (non-hydrogen) atoms. The molecule has 1 aliphatic heterocycles. The number of benzene rings is 2. The third kappa shape index (κ3) is 5.33.